The Morgan fingerprint density at radius 2 is 2.12 bits per heavy atom. The van der Waals surface area contributed by atoms with E-state index in [-0.39, 0.29) is 17.5 Å². The van der Waals surface area contributed by atoms with Crippen molar-refractivity contribution < 1.29 is 8.42 Å². The van der Waals surface area contributed by atoms with Crippen LogP contribution in [0.25, 0.3) is 0 Å². The molecule has 94 valence electrons. The molecule has 0 amide bonds. The van der Waals surface area contributed by atoms with Crippen molar-refractivity contribution in [3.63, 3.8) is 0 Å². The maximum atomic E-state index is 12.1. The zero-order valence-corrected chi connectivity index (χ0v) is 11.0. The lowest BCUT2D eigenvalue weighted by molar-refractivity contribution is 0.576. The lowest BCUT2D eigenvalue weighted by atomic mass is 10.1. The van der Waals surface area contributed by atoms with E-state index in [4.69, 9.17) is 0 Å². The largest absolute Gasteiger partial charge is 0.313 e. The van der Waals surface area contributed by atoms with E-state index in [1.165, 1.54) is 0 Å². The third-order valence-corrected chi connectivity index (χ3v) is 4.92. The van der Waals surface area contributed by atoms with Gasteiger partial charge in [-0.3, -0.25) is 0 Å². The summed E-state index contributed by atoms with van der Waals surface area (Å²) < 4.78 is 24.1. The lowest BCUT2D eigenvalue weighted by Crippen LogP contribution is -2.30. The van der Waals surface area contributed by atoms with Gasteiger partial charge in [0.05, 0.1) is 11.5 Å². The van der Waals surface area contributed by atoms with E-state index in [0.717, 1.165) is 30.5 Å². The van der Waals surface area contributed by atoms with Crippen molar-refractivity contribution in [1.29, 1.82) is 0 Å². The van der Waals surface area contributed by atoms with Gasteiger partial charge in [0.15, 0.2) is 9.84 Å². The molecular formula is C13H19NO2S. The summed E-state index contributed by atoms with van der Waals surface area (Å²) in [7, 11) is -3.00. The highest BCUT2D eigenvalue weighted by molar-refractivity contribution is 7.90. The molecule has 0 bridgehead atoms. The molecule has 0 spiro atoms. The van der Waals surface area contributed by atoms with Crippen LogP contribution in [0, 0.1) is 6.92 Å². The normalized spacial score (nSPS) is 20.6. The molecule has 1 fully saturated rings. The predicted molar refractivity (Wildman–Crippen MR) is 69.7 cm³/mol. The Kier molecular flexibility index (Phi) is 3.84. The summed E-state index contributed by atoms with van der Waals surface area (Å²) in [5.41, 5.74) is 1.97. The molecule has 2 rings (SSSR count). The number of aryl methyl sites for hydroxylation is 1. The molecule has 1 aliphatic heterocycles. The summed E-state index contributed by atoms with van der Waals surface area (Å²) in [5, 5.41) is 3.23. The van der Waals surface area contributed by atoms with Gasteiger partial charge >= 0.3 is 0 Å². The maximum absolute atomic E-state index is 12.1. The van der Waals surface area contributed by atoms with Gasteiger partial charge in [0.2, 0.25) is 0 Å². The number of sulfone groups is 1. The number of nitrogens with one attached hydrogen (secondary N) is 1. The molecule has 3 nitrogen and oxygen atoms in total. The molecule has 0 radical (unpaired) electrons. The minimum atomic E-state index is -3.00. The second-order valence-electron chi connectivity index (χ2n) is 4.77. The summed E-state index contributed by atoms with van der Waals surface area (Å²) in [5.74, 6) is 0.430. The first kappa shape index (κ1) is 12.6. The number of hydrogen-bond acceptors (Lipinski definition) is 3. The van der Waals surface area contributed by atoms with Gasteiger partial charge in [-0.25, -0.2) is 8.42 Å². The summed E-state index contributed by atoms with van der Waals surface area (Å²) in [4.78, 5) is 0. The molecule has 1 saturated heterocycles. The minimum absolute atomic E-state index is 0.156. The Labute approximate surface area is 103 Å². The van der Waals surface area contributed by atoms with Crippen molar-refractivity contribution in [3.8, 4) is 0 Å². The third-order valence-electron chi connectivity index (χ3n) is 3.25. The smallest absolute Gasteiger partial charge is 0.155 e. The fourth-order valence-corrected chi connectivity index (χ4v) is 4.09. The highest BCUT2D eigenvalue weighted by atomic mass is 32.2. The van der Waals surface area contributed by atoms with Crippen molar-refractivity contribution in [3.05, 3.63) is 35.4 Å². The van der Waals surface area contributed by atoms with Crippen LogP contribution in [0.3, 0.4) is 0 Å². The Morgan fingerprint density at radius 3 is 2.76 bits per heavy atom. The van der Waals surface area contributed by atoms with Crippen LogP contribution < -0.4 is 5.32 Å². The average molecular weight is 253 g/mol. The fourth-order valence-electron chi connectivity index (χ4n) is 2.27. The van der Waals surface area contributed by atoms with Crippen LogP contribution in [0.1, 0.15) is 24.0 Å². The lowest BCUT2D eigenvalue weighted by Gasteiger charge is -2.11. The first-order valence-electron chi connectivity index (χ1n) is 6.05. The molecule has 0 saturated carbocycles. The molecule has 1 atom stereocenters. The molecule has 1 heterocycles. The molecule has 0 aliphatic carbocycles. The van der Waals surface area contributed by atoms with Crippen molar-refractivity contribution in [1.82, 2.24) is 5.32 Å². The van der Waals surface area contributed by atoms with Crippen LogP contribution in [0.4, 0.5) is 0 Å². The van der Waals surface area contributed by atoms with Crippen LogP contribution in [0.5, 0.6) is 0 Å². The van der Waals surface area contributed by atoms with E-state index < -0.39 is 9.84 Å². The van der Waals surface area contributed by atoms with E-state index in [2.05, 4.69) is 5.32 Å². The van der Waals surface area contributed by atoms with Crippen LogP contribution in [0.15, 0.2) is 24.3 Å². The highest BCUT2D eigenvalue weighted by Gasteiger charge is 2.22. The van der Waals surface area contributed by atoms with Crippen molar-refractivity contribution in [2.24, 2.45) is 0 Å². The SMILES string of the molecule is Cc1ccccc1CS(=O)(=O)CC1CCCN1. The van der Waals surface area contributed by atoms with Crippen LogP contribution in [0.2, 0.25) is 0 Å². The van der Waals surface area contributed by atoms with Crippen LogP contribution in [-0.4, -0.2) is 26.8 Å². The van der Waals surface area contributed by atoms with Gasteiger partial charge in [0.25, 0.3) is 0 Å². The molecule has 1 aromatic carbocycles. The third kappa shape index (κ3) is 3.54. The van der Waals surface area contributed by atoms with E-state index >= 15 is 0 Å². The summed E-state index contributed by atoms with van der Waals surface area (Å²) in [6.07, 6.45) is 2.07. The number of hydrogen-bond donors (Lipinski definition) is 1. The molecular weight excluding hydrogens is 234 g/mol. The molecule has 1 aromatic rings. The standard InChI is InChI=1S/C13H19NO2S/c1-11-5-2-3-6-12(11)9-17(15,16)10-13-7-4-8-14-13/h2-3,5-6,13-14H,4,7-10H2,1H3. The summed E-state index contributed by atoms with van der Waals surface area (Å²) in [6, 6.07) is 7.84. The van der Waals surface area contributed by atoms with Crippen LogP contribution >= 0.6 is 0 Å². The molecule has 1 N–H and O–H groups in total. The van der Waals surface area contributed by atoms with Gasteiger partial charge in [-0.2, -0.15) is 0 Å². The zero-order valence-electron chi connectivity index (χ0n) is 10.1. The number of rotatable bonds is 4. The second kappa shape index (κ2) is 5.19. The topological polar surface area (TPSA) is 46.2 Å². The minimum Gasteiger partial charge on any atom is -0.313 e. The van der Waals surface area contributed by atoms with Crippen LogP contribution in [-0.2, 0) is 15.6 Å². The summed E-state index contributed by atoms with van der Waals surface area (Å²) >= 11 is 0. The zero-order chi connectivity index (χ0) is 12.3. The van der Waals surface area contributed by atoms with E-state index in [9.17, 15) is 8.42 Å². The quantitative estimate of drug-likeness (QED) is 0.887. The maximum Gasteiger partial charge on any atom is 0.155 e. The van der Waals surface area contributed by atoms with Crippen molar-refractivity contribution >= 4 is 9.84 Å². The monoisotopic (exact) mass is 253 g/mol. The van der Waals surface area contributed by atoms with Crippen molar-refractivity contribution in [2.45, 2.75) is 31.6 Å². The summed E-state index contributed by atoms with van der Waals surface area (Å²) in [6.45, 7) is 2.91. The van der Waals surface area contributed by atoms with Gasteiger partial charge in [-0.1, -0.05) is 24.3 Å². The van der Waals surface area contributed by atoms with E-state index in [0.29, 0.717) is 0 Å². The van der Waals surface area contributed by atoms with Gasteiger partial charge < -0.3 is 5.32 Å². The molecule has 17 heavy (non-hydrogen) atoms. The second-order valence-corrected chi connectivity index (χ2v) is 6.88. The fraction of sp³-hybridized carbons (Fsp3) is 0.538. The Bertz CT molecular complexity index is 476. The van der Waals surface area contributed by atoms with E-state index in [1.807, 2.05) is 31.2 Å². The average Bonchev–Trinajstić information content (AvgIpc) is 2.73. The molecule has 1 aliphatic rings. The van der Waals surface area contributed by atoms with Crippen molar-refractivity contribution in [2.75, 3.05) is 12.3 Å². The Hall–Kier alpha value is -0.870. The first-order valence-corrected chi connectivity index (χ1v) is 7.87. The Balaban J connectivity index is 2.04. The van der Waals surface area contributed by atoms with Gasteiger partial charge in [-0.15, -0.1) is 0 Å². The van der Waals surface area contributed by atoms with Gasteiger partial charge in [-0.05, 0) is 37.4 Å². The molecule has 0 aromatic heterocycles. The van der Waals surface area contributed by atoms with E-state index in [1.54, 1.807) is 0 Å². The first-order chi connectivity index (χ1) is 8.07. The van der Waals surface area contributed by atoms with Gasteiger partial charge in [0.1, 0.15) is 0 Å². The number of benzene rings is 1. The predicted octanol–water partition coefficient (Wildman–Crippen LogP) is 1.66. The Morgan fingerprint density at radius 1 is 1.35 bits per heavy atom. The highest BCUT2D eigenvalue weighted by Crippen LogP contribution is 2.15. The molecule has 4 heteroatoms. The molecule has 1 unspecified atom stereocenters. The van der Waals surface area contributed by atoms with Gasteiger partial charge in [0, 0.05) is 6.04 Å².